The maximum absolute atomic E-state index is 12.7. The highest BCUT2D eigenvalue weighted by molar-refractivity contribution is 5.84. The fourth-order valence-electron chi connectivity index (χ4n) is 4.05. The molecule has 122 valence electrons. The second-order valence-corrected chi connectivity index (χ2v) is 7.67. The molecule has 2 rings (SSSR count). The molecule has 2 aliphatic rings. The van der Waals surface area contributed by atoms with E-state index in [1.165, 1.54) is 25.7 Å². The van der Waals surface area contributed by atoms with E-state index in [9.17, 15) is 4.79 Å². The minimum Gasteiger partial charge on any atom is -0.321 e. The molecule has 0 radical (unpaired) electrons. The van der Waals surface area contributed by atoms with E-state index in [4.69, 9.17) is 0 Å². The molecule has 1 aliphatic carbocycles. The Kier molecular flexibility index (Phi) is 5.67. The van der Waals surface area contributed by atoms with Crippen molar-refractivity contribution >= 4 is 5.91 Å². The Labute approximate surface area is 130 Å². The normalized spacial score (nSPS) is 29.1. The average Bonchev–Trinajstić information content (AvgIpc) is 2.97. The lowest BCUT2D eigenvalue weighted by Crippen LogP contribution is -2.51. The van der Waals surface area contributed by atoms with Gasteiger partial charge in [0.15, 0.2) is 0 Å². The number of hydrogen-bond acceptors (Lipinski definition) is 3. The fourth-order valence-corrected chi connectivity index (χ4v) is 4.05. The minimum atomic E-state index is -0.0209. The minimum absolute atomic E-state index is 0.0209. The number of likely N-dealkylation sites (N-methyl/N-ethyl adjacent to an activating group) is 1. The first-order valence-corrected chi connectivity index (χ1v) is 8.63. The summed E-state index contributed by atoms with van der Waals surface area (Å²) in [5.74, 6) is 1.57. The van der Waals surface area contributed by atoms with Gasteiger partial charge < -0.3 is 9.80 Å². The van der Waals surface area contributed by atoms with Crippen molar-refractivity contribution < 1.29 is 4.79 Å². The van der Waals surface area contributed by atoms with Gasteiger partial charge in [-0.25, -0.2) is 0 Å². The smallest absolute Gasteiger partial charge is 0.241 e. The summed E-state index contributed by atoms with van der Waals surface area (Å²) in [6, 6.07) is 0.308. The summed E-state index contributed by atoms with van der Waals surface area (Å²) < 4.78 is 0. The van der Waals surface area contributed by atoms with Crippen LogP contribution in [0.1, 0.15) is 52.9 Å². The molecule has 0 spiro atoms. The molecular weight excluding hydrogens is 262 g/mol. The molecule has 0 bridgehead atoms. The summed E-state index contributed by atoms with van der Waals surface area (Å²) in [7, 11) is 4.21. The van der Waals surface area contributed by atoms with Crippen molar-refractivity contribution in [3.63, 3.8) is 0 Å². The van der Waals surface area contributed by atoms with Crippen molar-refractivity contribution in [1.82, 2.24) is 15.1 Å². The first-order valence-electron chi connectivity index (χ1n) is 8.63. The molecule has 3 unspecified atom stereocenters. The molecule has 1 N–H and O–H groups in total. The Bertz CT molecular complexity index is 340. The van der Waals surface area contributed by atoms with Crippen LogP contribution in [-0.2, 0) is 4.79 Å². The van der Waals surface area contributed by atoms with Crippen molar-refractivity contribution in [3.05, 3.63) is 0 Å². The molecule has 2 fully saturated rings. The first kappa shape index (κ1) is 16.8. The van der Waals surface area contributed by atoms with E-state index in [0.29, 0.717) is 23.8 Å². The van der Waals surface area contributed by atoms with E-state index in [1.807, 2.05) is 6.92 Å². The van der Waals surface area contributed by atoms with Gasteiger partial charge in [-0.3, -0.25) is 10.1 Å². The van der Waals surface area contributed by atoms with Gasteiger partial charge in [0.2, 0.25) is 5.91 Å². The number of carbonyl (C=O) groups is 1. The summed E-state index contributed by atoms with van der Waals surface area (Å²) >= 11 is 0. The molecule has 1 heterocycles. The fraction of sp³-hybridized carbons (Fsp3) is 0.941. The summed E-state index contributed by atoms with van der Waals surface area (Å²) in [6.45, 7) is 7.49. The van der Waals surface area contributed by atoms with Crippen LogP contribution in [0.3, 0.4) is 0 Å². The third-order valence-corrected chi connectivity index (χ3v) is 4.90. The molecule has 0 aromatic carbocycles. The lowest BCUT2D eigenvalue weighted by atomic mass is 9.98. The zero-order valence-electron chi connectivity index (χ0n) is 14.4. The van der Waals surface area contributed by atoms with Crippen molar-refractivity contribution in [2.45, 2.75) is 71.1 Å². The molecule has 0 aromatic heterocycles. The zero-order valence-corrected chi connectivity index (χ0v) is 14.4. The number of hydrogen-bond donors (Lipinski definition) is 1. The third-order valence-electron chi connectivity index (χ3n) is 4.90. The van der Waals surface area contributed by atoms with E-state index < -0.39 is 0 Å². The Morgan fingerprint density at radius 2 is 1.90 bits per heavy atom. The number of nitrogens with zero attached hydrogens (tertiary/aromatic N) is 2. The van der Waals surface area contributed by atoms with Gasteiger partial charge in [-0.15, -0.1) is 0 Å². The van der Waals surface area contributed by atoms with Gasteiger partial charge in [-0.1, -0.05) is 26.7 Å². The van der Waals surface area contributed by atoms with Gasteiger partial charge in [-0.2, -0.15) is 0 Å². The van der Waals surface area contributed by atoms with Gasteiger partial charge in [0, 0.05) is 12.6 Å². The molecule has 0 aromatic rings. The second kappa shape index (κ2) is 7.10. The van der Waals surface area contributed by atoms with Crippen molar-refractivity contribution in [3.8, 4) is 0 Å². The Balaban J connectivity index is 2.17. The quantitative estimate of drug-likeness (QED) is 0.817. The van der Waals surface area contributed by atoms with Crippen LogP contribution in [0.25, 0.3) is 0 Å². The monoisotopic (exact) mass is 295 g/mol. The number of nitrogens with one attached hydrogen (secondary N) is 1. The molecule has 1 aliphatic heterocycles. The molecule has 21 heavy (non-hydrogen) atoms. The van der Waals surface area contributed by atoms with Gasteiger partial charge >= 0.3 is 0 Å². The van der Waals surface area contributed by atoms with Gasteiger partial charge in [-0.05, 0) is 52.1 Å². The predicted molar refractivity (Wildman–Crippen MR) is 87.0 cm³/mol. The van der Waals surface area contributed by atoms with Crippen LogP contribution >= 0.6 is 0 Å². The Hall–Kier alpha value is -0.610. The summed E-state index contributed by atoms with van der Waals surface area (Å²) in [4.78, 5) is 17.1. The average molecular weight is 295 g/mol. The maximum Gasteiger partial charge on any atom is 0.241 e. The standard InChI is InChI=1S/C17H33N3O/c1-12(2)10-15(11-19(4)5)20-16(14-8-6-7-9-14)18-13(3)17(20)21/h12-16,18H,6-11H2,1-5H3. The van der Waals surface area contributed by atoms with Crippen LogP contribution < -0.4 is 5.32 Å². The topological polar surface area (TPSA) is 35.6 Å². The largest absolute Gasteiger partial charge is 0.321 e. The highest BCUT2D eigenvalue weighted by Crippen LogP contribution is 2.34. The van der Waals surface area contributed by atoms with Crippen LogP contribution in [0, 0.1) is 11.8 Å². The molecule has 3 atom stereocenters. The number of carbonyl (C=O) groups excluding carboxylic acids is 1. The van der Waals surface area contributed by atoms with E-state index in [-0.39, 0.29) is 12.2 Å². The highest BCUT2D eigenvalue weighted by atomic mass is 16.2. The number of rotatable bonds is 6. The molecule has 4 nitrogen and oxygen atoms in total. The van der Waals surface area contributed by atoms with E-state index in [2.05, 4.69) is 43.1 Å². The third kappa shape index (κ3) is 3.98. The lowest BCUT2D eigenvalue weighted by molar-refractivity contribution is -0.133. The second-order valence-electron chi connectivity index (χ2n) is 7.67. The Morgan fingerprint density at radius 1 is 1.29 bits per heavy atom. The van der Waals surface area contributed by atoms with Crippen LogP contribution in [0.2, 0.25) is 0 Å². The van der Waals surface area contributed by atoms with Crippen LogP contribution in [0.5, 0.6) is 0 Å². The maximum atomic E-state index is 12.7. The lowest BCUT2D eigenvalue weighted by Gasteiger charge is -2.38. The molecule has 1 saturated carbocycles. The highest BCUT2D eigenvalue weighted by Gasteiger charge is 2.44. The van der Waals surface area contributed by atoms with Crippen LogP contribution in [0.15, 0.2) is 0 Å². The molecule has 1 amide bonds. The van der Waals surface area contributed by atoms with E-state index >= 15 is 0 Å². The molecular formula is C17H33N3O. The first-order chi connectivity index (χ1) is 9.90. The zero-order chi connectivity index (χ0) is 15.6. The van der Waals surface area contributed by atoms with Crippen LogP contribution in [-0.4, -0.2) is 54.6 Å². The SMILES string of the molecule is CC(C)CC(CN(C)C)N1C(=O)C(C)NC1C1CCCC1. The Morgan fingerprint density at radius 3 is 2.43 bits per heavy atom. The van der Waals surface area contributed by atoms with Crippen molar-refractivity contribution in [1.29, 1.82) is 0 Å². The van der Waals surface area contributed by atoms with Crippen molar-refractivity contribution in [2.24, 2.45) is 11.8 Å². The number of amides is 1. The summed E-state index contributed by atoms with van der Waals surface area (Å²) in [5, 5.41) is 3.58. The summed E-state index contributed by atoms with van der Waals surface area (Å²) in [6.07, 6.45) is 6.53. The van der Waals surface area contributed by atoms with Gasteiger partial charge in [0.05, 0.1) is 12.2 Å². The van der Waals surface area contributed by atoms with Gasteiger partial charge in [0.25, 0.3) is 0 Å². The van der Waals surface area contributed by atoms with Crippen molar-refractivity contribution in [2.75, 3.05) is 20.6 Å². The van der Waals surface area contributed by atoms with E-state index in [0.717, 1.165) is 13.0 Å². The molecule has 4 heteroatoms. The van der Waals surface area contributed by atoms with Gasteiger partial charge in [0.1, 0.15) is 0 Å². The molecule has 1 saturated heterocycles. The predicted octanol–water partition coefficient (Wildman–Crippen LogP) is 2.30. The van der Waals surface area contributed by atoms with E-state index in [1.54, 1.807) is 0 Å². The summed E-state index contributed by atoms with van der Waals surface area (Å²) in [5.41, 5.74) is 0. The van der Waals surface area contributed by atoms with Crippen LogP contribution in [0.4, 0.5) is 0 Å².